The van der Waals surface area contributed by atoms with Crippen LogP contribution in [0.5, 0.6) is 11.5 Å². The van der Waals surface area contributed by atoms with Crippen LogP contribution >= 0.6 is 15.9 Å². The van der Waals surface area contributed by atoms with Crippen molar-refractivity contribution in [1.29, 1.82) is 0 Å². The molecule has 0 spiro atoms. The Bertz CT molecular complexity index is 561. The molecule has 1 N–H and O–H groups in total. The molecule has 102 valence electrons. The first kappa shape index (κ1) is 12.8. The molecule has 1 heterocycles. The third-order valence-corrected chi connectivity index (χ3v) is 4.53. The summed E-state index contributed by atoms with van der Waals surface area (Å²) in [5.74, 6) is -0.190. The molecule has 0 radical (unpaired) electrons. The minimum Gasteiger partial charge on any atom is -0.481 e. The minimum atomic E-state index is -0.774. The van der Waals surface area contributed by atoms with Gasteiger partial charge in [-0.3, -0.25) is 4.79 Å². The lowest BCUT2D eigenvalue weighted by molar-refractivity contribution is -0.147. The number of carboxylic acid groups (broad SMARTS) is 1. The highest BCUT2D eigenvalue weighted by atomic mass is 79.9. The molecule has 19 heavy (non-hydrogen) atoms. The molecule has 4 nitrogen and oxygen atoms in total. The topological polar surface area (TPSA) is 55.8 Å². The molecule has 1 aromatic carbocycles. The molecule has 0 bridgehead atoms. The van der Waals surface area contributed by atoms with Crippen molar-refractivity contribution in [1.82, 2.24) is 0 Å². The number of aliphatic carboxylic acids is 1. The van der Waals surface area contributed by atoms with E-state index in [4.69, 9.17) is 9.47 Å². The Balaban J connectivity index is 2.08. The molecule has 1 aliphatic heterocycles. The van der Waals surface area contributed by atoms with E-state index in [0.29, 0.717) is 24.3 Å². The average Bonchev–Trinajstić information content (AvgIpc) is 2.49. The molecule has 5 heteroatoms. The fourth-order valence-corrected chi connectivity index (χ4v) is 3.44. The van der Waals surface area contributed by atoms with Crippen LogP contribution in [0.3, 0.4) is 0 Å². The van der Waals surface area contributed by atoms with Gasteiger partial charge in [0.25, 0.3) is 0 Å². The quantitative estimate of drug-likeness (QED) is 0.904. The van der Waals surface area contributed by atoms with Crippen LogP contribution in [-0.2, 0) is 10.2 Å². The molecule has 3 rings (SSSR count). The molecule has 0 aromatic heterocycles. The third-order valence-electron chi connectivity index (χ3n) is 3.88. The number of hydrogen-bond donors (Lipinski definition) is 1. The summed E-state index contributed by atoms with van der Waals surface area (Å²) in [5, 5.41) is 9.52. The molecular weight excluding hydrogens is 312 g/mol. The minimum absolute atomic E-state index is 0.621. The summed E-state index contributed by atoms with van der Waals surface area (Å²) in [5.41, 5.74) is 0.00976. The zero-order chi connectivity index (χ0) is 13.8. The van der Waals surface area contributed by atoms with Gasteiger partial charge in [-0.25, -0.2) is 0 Å². The second-order valence-corrected chi connectivity index (χ2v) is 6.48. The van der Waals surface area contributed by atoms with E-state index in [-0.39, 0.29) is 0 Å². The number of halogens is 1. The Labute approximate surface area is 119 Å². The lowest BCUT2D eigenvalue weighted by Crippen LogP contribution is -2.42. The van der Waals surface area contributed by atoms with Crippen molar-refractivity contribution in [2.24, 2.45) is 0 Å². The van der Waals surface area contributed by atoms with Gasteiger partial charge in [-0.2, -0.15) is 0 Å². The van der Waals surface area contributed by atoms with Gasteiger partial charge < -0.3 is 14.6 Å². The number of rotatable bonds is 2. The van der Waals surface area contributed by atoms with Gasteiger partial charge in [0.2, 0.25) is 5.79 Å². The average molecular weight is 327 g/mol. The zero-order valence-corrected chi connectivity index (χ0v) is 12.4. The van der Waals surface area contributed by atoms with Crippen molar-refractivity contribution in [2.75, 3.05) is 0 Å². The molecule has 1 saturated carbocycles. The normalized spacial score (nSPS) is 21.8. The zero-order valence-electron chi connectivity index (χ0n) is 10.8. The maximum atomic E-state index is 11.6. The van der Waals surface area contributed by atoms with Crippen LogP contribution in [0.4, 0.5) is 0 Å². The predicted molar refractivity (Wildman–Crippen MR) is 72.6 cm³/mol. The fourth-order valence-electron chi connectivity index (χ4n) is 2.74. The molecule has 0 unspecified atom stereocenters. The Morgan fingerprint density at radius 3 is 2.32 bits per heavy atom. The van der Waals surface area contributed by atoms with Gasteiger partial charge in [-0.05, 0) is 30.5 Å². The van der Waals surface area contributed by atoms with Crippen molar-refractivity contribution in [3.05, 3.63) is 22.2 Å². The van der Waals surface area contributed by atoms with Crippen LogP contribution < -0.4 is 9.47 Å². The van der Waals surface area contributed by atoms with Crippen molar-refractivity contribution < 1.29 is 19.4 Å². The summed E-state index contributed by atoms with van der Waals surface area (Å²) in [7, 11) is 0. The third kappa shape index (κ3) is 1.83. The van der Waals surface area contributed by atoms with Gasteiger partial charge in [0.15, 0.2) is 11.5 Å². The first-order valence-electron chi connectivity index (χ1n) is 6.30. The van der Waals surface area contributed by atoms with Crippen molar-refractivity contribution in [3.63, 3.8) is 0 Å². The Kier molecular flexibility index (Phi) is 2.61. The van der Waals surface area contributed by atoms with Gasteiger partial charge in [-0.1, -0.05) is 22.4 Å². The number of ether oxygens (including phenoxy) is 2. The Morgan fingerprint density at radius 2 is 1.84 bits per heavy atom. The van der Waals surface area contributed by atoms with E-state index >= 15 is 0 Å². The first-order chi connectivity index (χ1) is 8.84. The summed E-state index contributed by atoms with van der Waals surface area (Å²) < 4.78 is 12.1. The second kappa shape index (κ2) is 3.88. The molecular formula is C14H15BrO4. The molecule has 1 fully saturated rings. The molecule has 0 atom stereocenters. The van der Waals surface area contributed by atoms with Gasteiger partial charge in [0.05, 0.1) is 5.41 Å². The van der Waals surface area contributed by atoms with Gasteiger partial charge in [-0.15, -0.1) is 0 Å². The van der Waals surface area contributed by atoms with Crippen LogP contribution in [0, 0.1) is 0 Å². The number of carboxylic acids is 1. The van der Waals surface area contributed by atoms with Crippen LogP contribution in [-0.4, -0.2) is 16.9 Å². The maximum Gasteiger partial charge on any atom is 0.314 e. The molecule has 1 aliphatic carbocycles. The fraction of sp³-hybridized carbons (Fsp3) is 0.500. The summed E-state index contributed by atoms with van der Waals surface area (Å²) >= 11 is 3.47. The van der Waals surface area contributed by atoms with Crippen LogP contribution in [0.2, 0.25) is 0 Å². The van der Waals surface area contributed by atoms with E-state index < -0.39 is 17.2 Å². The van der Waals surface area contributed by atoms with Crippen molar-refractivity contribution in [2.45, 2.75) is 44.3 Å². The molecule has 0 amide bonds. The molecule has 0 saturated heterocycles. The van der Waals surface area contributed by atoms with Crippen LogP contribution in [0.25, 0.3) is 0 Å². The molecule has 2 aliphatic rings. The summed E-state index contributed by atoms with van der Waals surface area (Å²) in [6.07, 6.45) is 2.28. The van der Waals surface area contributed by atoms with Gasteiger partial charge >= 0.3 is 5.97 Å². The van der Waals surface area contributed by atoms with Crippen molar-refractivity contribution >= 4 is 21.9 Å². The number of carbonyl (C=O) groups is 1. The van der Waals surface area contributed by atoms with E-state index in [9.17, 15) is 9.90 Å². The number of fused-ring (bicyclic) bond motifs is 1. The lowest BCUT2D eigenvalue weighted by Gasteiger charge is -2.38. The highest BCUT2D eigenvalue weighted by Crippen LogP contribution is 2.51. The standard InChI is InChI=1S/C14H15BrO4/c1-13(2)18-10-6-8(9(15)7-11(10)19-13)14(12(16)17)4-3-5-14/h6-7H,3-5H2,1-2H3,(H,16,17). The summed E-state index contributed by atoms with van der Waals surface area (Å²) in [6, 6.07) is 3.61. The maximum absolute atomic E-state index is 11.6. The van der Waals surface area contributed by atoms with E-state index in [0.717, 1.165) is 16.5 Å². The first-order valence-corrected chi connectivity index (χ1v) is 7.09. The smallest absolute Gasteiger partial charge is 0.314 e. The highest BCUT2D eigenvalue weighted by Gasteiger charge is 2.48. The molecule has 1 aromatic rings. The second-order valence-electron chi connectivity index (χ2n) is 5.62. The monoisotopic (exact) mass is 326 g/mol. The van der Waals surface area contributed by atoms with E-state index in [2.05, 4.69) is 15.9 Å². The van der Waals surface area contributed by atoms with Crippen molar-refractivity contribution in [3.8, 4) is 11.5 Å². The summed E-state index contributed by atoms with van der Waals surface area (Å²) in [4.78, 5) is 11.6. The summed E-state index contributed by atoms with van der Waals surface area (Å²) in [6.45, 7) is 3.66. The van der Waals surface area contributed by atoms with E-state index in [1.165, 1.54) is 0 Å². The SMILES string of the molecule is CC1(C)Oc2cc(Br)c(C3(C(=O)O)CCC3)cc2O1. The number of benzene rings is 1. The van der Waals surface area contributed by atoms with Crippen LogP contribution in [0.1, 0.15) is 38.7 Å². The largest absolute Gasteiger partial charge is 0.481 e. The van der Waals surface area contributed by atoms with Gasteiger partial charge in [0, 0.05) is 18.3 Å². The highest BCUT2D eigenvalue weighted by molar-refractivity contribution is 9.10. The van der Waals surface area contributed by atoms with Gasteiger partial charge in [0.1, 0.15) is 0 Å². The van der Waals surface area contributed by atoms with E-state index in [1.807, 2.05) is 19.9 Å². The lowest BCUT2D eigenvalue weighted by atomic mass is 9.64. The number of hydrogen-bond acceptors (Lipinski definition) is 3. The predicted octanol–water partition coefficient (Wildman–Crippen LogP) is 3.46. The Hall–Kier alpha value is -1.23. The Morgan fingerprint density at radius 1 is 1.26 bits per heavy atom. The van der Waals surface area contributed by atoms with E-state index in [1.54, 1.807) is 6.07 Å². The van der Waals surface area contributed by atoms with Crippen LogP contribution in [0.15, 0.2) is 16.6 Å².